The molecule has 164 valence electrons. The number of aromatic hydroxyl groups is 1. The molecule has 0 aliphatic rings. The Morgan fingerprint density at radius 3 is 2.56 bits per heavy atom. The summed E-state index contributed by atoms with van der Waals surface area (Å²) in [5.74, 6) is 2.13. The van der Waals surface area contributed by atoms with Crippen LogP contribution in [-0.4, -0.2) is 15.3 Å². The van der Waals surface area contributed by atoms with E-state index in [1.54, 1.807) is 36.5 Å². The number of phenols is 1. The molecular formula is C25H22Cl2N2O3. The van der Waals surface area contributed by atoms with Crippen molar-refractivity contribution in [2.45, 2.75) is 26.4 Å². The summed E-state index contributed by atoms with van der Waals surface area (Å²) >= 11 is 12.1. The van der Waals surface area contributed by atoms with E-state index in [1.165, 1.54) is 0 Å². The molecule has 0 bridgehead atoms. The summed E-state index contributed by atoms with van der Waals surface area (Å²) in [5.41, 5.74) is 3.02. The van der Waals surface area contributed by atoms with Crippen LogP contribution < -0.4 is 9.47 Å². The van der Waals surface area contributed by atoms with E-state index in [1.807, 2.05) is 30.3 Å². The predicted molar refractivity (Wildman–Crippen MR) is 127 cm³/mol. The minimum Gasteiger partial charge on any atom is -0.507 e. The Balaban J connectivity index is 1.54. The van der Waals surface area contributed by atoms with Gasteiger partial charge in [-0.15, -0.1) is 0 Å². The van der Waals surface area contributed by atoms with Crippen LogP contribution >= 0.6 is 23.2 Å². The normalized spacial score (nSPS) is 11.0. The first-order chi connectivity index (χ1) is 15.4. The topological polar surface area (TPSA) is 67.4 Å². The smallest absolute Gasteiger partial charge is 0.173 e. The molecule has 1 heterocycles. The number of benzene rings is 3. The number of hydrogen-bond acceptors (Lipinski definition) is 4. The predicted octanol–water partition coefficient (Wildman–Crippen LogP) is 7.58. The van der Waals surface area contributed by atoms with Gasteiger partial charge in [-0.3, -0.25) is 5.10 Å². The molecule has 4 rings (SSSR count). The zero-order valence-electron chi connectivity index (χ0n) is 17.6. The van der Waals surface area contributed by atoms with Gasteiger partial charge >= 0.3 is 0 Å². The summed E-state index contributed by atoms with van der Waals surface area (Å²) in [6, 6.07) is 18.2. The van der Waals surface area contributed by atoms with Crippen LogP contribution in [0.4, 0.5) is 0 Å². The van der Waals surface area contributed by atoms with Crippen LogP contribution in [0.15, 0.2) is 66.9 Å². The number of H-pyrrole nitrogens is 1. The third kappa shape index (κ3) is 4.85. The molecule has 3 aromatic carbocycles. The average Bonchev–Trinajstić information content (AvgIpc) is 3.21. The second-order valence-corrected chi connectivity index (χ2v) is 8.45. The van der Waals surface area contributed by atoms with E-state index < -0.39 is 0 Å². The first-order valence-electron chi connectivity index (χ1n) is 10.1. The fraction of sp³-hybridized carbons (Fsp3) is 0.160. The Kier molecular flexibility index (Phi) is 6.58. The zero-order valence-corrected chi connectivity index (χ0v) is 19.1. The van der Waals surface area contributed by atoms with Gasteiger partial charge in [0.25, 0.3) is 0 Å². The van der Waals surface area contributed by atoms with Gasteiger partial charge in [-0.25, -0.2) is 0 Å². The number of ether oxygens (including phenoxy) is 2. The largest absolute Gasteiger partial charge is 0.507 e. The van der Waals surface area contributed by atoms with Crippen LogP contribution in [-0.2, 0) is 6.61 Å². The lowest BCUT2D eigenvalue weighted by Crippen LogP contribution is -1.97. The minimum atomic E-state index is 0.0379. The molecule has 0 saturated heterocycles. The van der Waals surface area contributed by atoms with Gasteiger partial charge in [0.05, 0.1) is 6.20 Å². The van der Waals surface area contributed by atoms with Gasteiger partial charge < -0.3 is 14.6 Å². The van der Waals surface area contributed by atoms with E-state index in [0.717, 1.165) is 16.9 Å². The maximum Gasteiger partial charge on any atom is 0.173 e. The Morgan fingerprint density at radius 2 is 1.81 bits per heavy atom. The second kappa shape index (κ2) is 9.55. The van der Waals surface area contributed by atoms with Gasteiger partial charge in [0.2, 0.25) is 0 Å². The third-order valence-electron chi connectivity index (χ3n) is 5.01. The van der Waals surface area contributed by atoms with Gasteiger partial charge in [-0.1, -0.05) is 61.3 Å². The molecule has 0 amide bonds. The number of para-hydroxylation sites is 1. The van der Waals surface area contributed by atoms with Crippen LogP contribution in [0.25, 0.3) is 11.3 Å². The summed E-state index contributed by atoms with van der Waals surface area (Å²) < 4.78 is 11.9. The number of aromatic amines is 1. The Labute approximate surface area is 196 Å². The SMILES string of the molecule is CC(C)c1ccccc1Oc1cn[nH]c1-c1ccc(OCc2ccc(Cl)cc2Cl)cc1O. The molecule has 7 heteroatoms. The van der Waals surface area contributed by atoms with E-state index in [9.17, 15) is 5.11 Å². The summed E-state index contributed by atoms with van der Waals surface area (Å²) in [5, 5.41) is 18.8. The molecule has 4 aromatic rings. The molecule has 0 saturated carbocycles. The van der Waals surface area contributed by atoms with Crippen molar-refractivity contribution in [1.82, 2.24) is 10.2 Å². The van der Waals surface area contributed by atoms with Crippen molar-refractivity contribution in [3.8, 4) is 34.3 Å². The third-order valence-corrected chi connectivity index (χ3v) is 5.60. The molecule has 0 aliphatic carbocycles. The number of aromatic nitrogens is 2. The Morgan fingerprint density at radius 1 is 1.00 bits per heavy atom. The van der Waals surface area contributed by atoms with E-state index in [2.05, 4.69) is 24.0 Å². The number of halogens is 2. The molecule has 2 N–H and O–H groups in total. The van der Waals surface area contributed by atoms with Crippen molar-refractivity contribution >= 4 is 23.2 Å². The van der Waals surface area contributed by atoms with Gasteiger partial charge in [0, 0.05) is 27.2 Å². The van der Waals surface area contributed by atoms with Crippen molar-refractivity contribution in [2.24, 2.45) is 0 Å². The molecule has 0 spiro atoms. The first kappa shape index (κ1) is 22.1. The van der Waals surface area contributed by atoms with Crippen LogP contribution in [0.2, 0.25) is 10.0 Å². The monoisotopic (exact) mass is 468 g/mol. The highest BCUT2D eigenvalue weighted by Crippen LogP contribution is 2.39. The lowest BCUT2D eigenvalue weighted by atomic mass is 10.0. The van der Waals surface area contributed by atoms with Gasteiger partial charge in [0.1, 0.15) is 29.5 Å². The van der Waals surface area contributed by atoms with Gasteiger partial charge in [-0.2, -0.15) is 5.10 Å². The summed E-state index contributed by atoms with van der Waals surface area (Å²) in [4.78, 5) is 0. The number of hydrogen-bond donors (Lipinski definition) is 2. The molecule has 0 fully saturated rings. The van der Waals surface area contributed by atoms with E-state index in [0.29, 0.717) is 38.7 Å². The van der Waals surface area contributed by atoms with Crippen LogP contribution in [0.1, 0.15) is 30.9 Å². The van der Waals surface area contributed by atoms with Crippen molar-refractivity contribution < 1.29 is 14.6 Å². The summed E-state index contributed by atoms with van der Waals surface area (Å²) in [6.45, 7) is 4.47. The molecule has 5 nitrogen and oxygen atoms in total. The average molecular weight is 469 g/mol. The van der Waals surface area contributed by atoms with Gasteiger partial charge in [-0.05, 0) is 41.8 Å². The van der Waals surface area contributed by atoms with E-state index in [-0.39, 0.29) is 12.4 Å². The van der Waals surface area contributed by atoms with Crippen molar-refractivity contribution in [2.75, 3.05) is 0 Å². The minimum absolute atomic E-state index is 0.0379. The number of phenolic OH excluding ortho intramolecular Hbond substituents is 1. The second-order valence-electron chi connectivity index (χ2n) is 7.61. The highest BCUT2D eigenvalue weighted by molar-refractivity contribution is 6.35. The summed E-state index contributed by atoms with van der Waals surface area (Å²) in [7, 11) is 0. The molecule has 1 aromatic heterocycles. The molecular weight excluding hydrogens is 447 g/mol. The fourth-order valence-corrected chi connectivity index (χ4v) is 3.79. The number of nitrogens with one attached hydrogen (secondary N) is 1. The molecule has 0 atom stereocenters. The molecule has 0 unspecified atom stereocenters. The Hall–Kier alpha value is -3.15. The van der Waals surface area contributed by atoms with Crippen molar-refractivity contribution in [3.63, 3.8) is 0 Å². The van der Waals surface area contributed by atoms with Gasteiger partial charge in [0.15, 0.2) is 5.75 Å². The highest BCUT2D eigenvalue weighted by Gasteiger charge is 2.17. The zero-order chi connectivity index (χ0) is 22.7. The van der Waals surface area contributed by atoms with Crippen molar-refractivity contribution in [1.29, 1.82) is 0 Å². The van der Waals surface area contributed by atoms with E-state index >= 15 is 0 Å². The first-order valence-corrected chi connectivity index (χ1v) is 10.9. The molecule has 0 radical (unpaired) electrons. The maximum absolute atomic E-state index is 10.7. The maximum atomic E-state index is 10.7. The lowest BCUT2D eigenvalue weighted by Gasteiger charge is -2.14. The van der Waals surface area contributed by atoms with Crippen LogP contribution in [0.5, 0.6) is 23.0 Å². The van der Waals surface area contributed by atoms with E-state index in [4.69, 9.17) is 32.7 Å². The van der Waals surface area contributed by atoms with Crippen molar-refractivity contribution in [3.05, 3.63) is 88.0 Å². The highest BCUT2D eigenvalue weighted by atomic mass is 35.5. The molecule has 0 aliphatic heterocycles. The number of rotatable bonds is 7. The summed E-state index contributed by atoms with van der Waals surface area (Å²) in [6.07, 6.45) is 1.60. The lowest BCUT2D eigenvalue weighted by molar-refractivity contribution is 0.304. The Bertz CT molecular complexity index is 1240. The standard InChI is InChI=1S/C25H22Cl2N2O3/c1-15(2)19-5-3-4-6-23(19)32-24-13-28-29-25(24)20-10-9-18(12-22(20)30)31-14-16-7-8-17(26)11-21(16)27/h3-13,15,30H,14H2,1-2H3,(H,28,29). The fourth-order valence-electron chi connectivity index (χ4n) is 3.33. The molecule has 32 heavy (non-hydrogen) atoms. The number of nitrogens with zero attached hydrogens (tertiary/aromatic N) is 1. The van der Waals surface area contributed by atoms with Crippen LogP contribution in [0, 0.1) is 0 Å². The quantitative estimate of drug-likeness (QED) is 0.293. The van der Waals surface area contributed by atoms with Crippen LogP contribution in [0.3, 0.4) is 0 Å².